The molecule has 1 heterocycles. The number of nitrogens with one attached hydrogen (secondary N) is 5. The molecule has 4 amide bonds. The molecule has 224 valence electrons. The highest BCUT2D eigenvalue weighted by molar-refractivity contribution is 5.94. The summed E-state index contributed by atoms with van der Waals surface area (Å²) in [5.74, 6) is -5.43. The molecule has 0 unspecified atom stereocenters. The van der Waals surface area contributed by atoms with Crippen molar-refractivity contribution < 1.29 is 39.0 Å². The van der Waals surface area contributed by atoms with Crippen molar-refractivity contribution in [3.8, 4) is 0 Å². The number of rotatable bonds is 18. The number of aromatic amines is 1. The highest BCUT2D eigenvalue weighted by Gasteiger charge is 2.25. The van der Waals surface area contributed by atoms with Crippen LogP contribution in [-0.2, 0) is 35.2 Å². The Labute approximate surface area is 235 Å². The number of amides is 4. The summed E-state index contributed by atoms with van der Waals surface area (Å²) in [6.45, 7) is -0.584. The second-order valence-electron chi connectivity index (χ2n) is 9.40. The Kier molecular flexibility index (Phi) is 13.2. The number of carbonyl (C=O) groups is 6. The number of aromatic nitrogens is 1. The maximum atomic E-state index is 13.0. The summed E-state index contributed by atoms with van der Waals surface area (Å²) >= 11 is 0. The zero-order valence-electron chi connectivity index (χ0n) is 22.5. The van der Waals surface area contributed by atoms with E-state index in [1.54, 1.807) is 6.20 Å². The van der Waals surface area contributed by atoms with Gasteiger partial charge in [-0.3, -0.25) is 24.0 Å². The molecule has 3 atom stereocenters. The molecule has 0 aliphatic rings. The highest BCUT2D eigenvalue weighted by Crippen LogP contribution is 2.19. The second kappa shape index (κ2) is 16.6. The topological polar surface area (TPSA) is 259 Å². The molecule has 1 aromatic carbocycles. The van der Waals surface area contributed by atoms with E-state index in [2.05, 4.69) is 26.3 Å². The first-order chi connectivity index (χ1) is 19.5. The quantitative estimate of drug-likeness (QED) is 0.0912. The molecule has 0 saturated heterocycles. The van der Waals surface area contributed by atoms with Crippen molar-refractivity contribution in [2.45, 2.75) is 56.7 Å². The lowest BCUT2D eigenvalue weighted by atomic mass is 10.0. The van der Waals surface area contributed by atoms with Gasteiger partial charge in [-0.1, -0.05) is 24.6 Å². The van der Waals surface area contributed by atoms with Gasteiger partial charge < -0.3 is 47.9 Å². The molecule has 2 rings (SSSR count). The van der Waals surface area contributed by atoms with Crippen LogP contribution in [0.1, 0.15) is 37.7 Å². The number of carboxylic acid groups (broad SMARTS) is 2. The molecule has 15 heteroatoms. The van der Waals surface area contributed by atoms with E-state index in [1.807, 2.05) is 24.3 Å². The summed E-state index contributed by atoms with van der Waals surface area (Å²) in [6, 6.07) is 3.88. The number of H-pyrrole nitrogens is 1. The predicted molar refractivity (Wildman–Crippen MR) is 147 cm³/mol. The maximum absolute atomic E-state index is 13.0. The first-order valence-corrected chi connectivity index (χ1v) is 13.1. The third kappa shape index (κ3) is 11.3. The van der Waals surface area contributed by atoms with Crippen LogP contribution in [0.4, 0.5) is 0 Å². The molecular formula is C26H37N7O8. The fourth-order valence-electron chi connectivity index (χ4n) is 3.97. The minimum Gasteiger partial charge on any atom is -0.481 e. The van der Waals surface area contributed by atoms with Crippen molar-refractivity contribution in [1.82, 2.24) is 26.3 Å². The van der Waals surface area contributed by atoms with Gasteiger partial charge in [0, 0.05) is 29.9 Å². The van der Waals surface area contributed by atoms with Crippen molar-refractivity contribution >= 4 is 46.5 Å². The average molecular weight is 576 g/mol. The van der Waals surface area contributed by atoms with Gasteiger partial charge in [-0.05, 0) is 37.4 Å². The molecule has 1 aromatic heterocycles. The van der Waals surface area contributed by atoms with Crippen LogP contribution < -0.4 is 32.7 Å². The Morgan fingerprint density at radius 2 is 1.49 bits per heavy atom. The number of benzene rings is 1. The van der Waals surface area contributed by atoms with Gasteiger partial charge in [0.15, 0.2) is 0 Å². The number of hydrogen-bond donors (Lipinski definition) is 9. The molecule has 0 bridgehead atoms. The highest BCUT2D eigenvalue weighted by atomic mass is 16.4. The van der Waals surface area contributed by atoms with Crippen molar-refractivity contribution in [2.24, 2.45) is 11.5 Å². The molecular weight excluding hydrogens is 538 g/mol. The van der Waals surface area contributed by atoms with Crippen LogP contribution in [0.2, 0.25) is 0 Å². The van der Waals surface area contributed by atoms with E-state index in [0.29, 0.717) is 31.4 Å². The van der Waals surface area contributed by atoms with Crippen molar-refractivity contribution in [3.05, 3.63) is 36.0 Å². The number of hydrogen-bond acceptors (Lipinski definition) is 8. The van der Waals surface area contributed by atoms with E-state index < -0.39 is 73.2 Å². The standard InChI is InChI=1S/C26H37N7O8/c27-10-4-3-6-17(28)24(38)30-13-22(35)33-20(11-15-12-29-18-7-2-1-5-16(15)18)25(39)31-14-21(34)32-19(26(40)41)8-9-23(36)37/h1-2,5,7,12,17,19-20,29H,3-4,6,8-11,13-14,27-28H2,(H,30,38)(H,31,39)(H,32,34)(H,33,35)(H,36,37)(H,40,41)/t17-,19-,20-/m0/s1. The zero-order chi connectivity index (χ0) is 30.4. The molecule has 0 aliphatic carbocycles. The summed E-state index contributed by atoms with van der Waals surface area (Å²) in [5.41, 5.74) is 12.8. The lowest BCUT2D eigenvalue weighted by molar-refractivity contribution is -0.143. The molecule has 0 fully saturated rings. The summed E-state index contributed by atoms with van der Waals surface area (Å²) in [4.78, 5) is 75.3. The van der Waals surface area contributed by atoms with Gasteiger partial charge in [0.25, 0.3) is 0 Å². The van der Waals surface area contributed by atoms with E-state index in [0.717, 1.165) is 10.9 Å². The molecule has 41 heavy (non-hydrogen) atoms. The number of nitrogens with two attached hydrogens (primary N) is 2. The lowest BCUT2D eigenvalue weighted by Crippen LogP contribution is -2.53. The molecule has 0 saturated carbocycles. The number of para-hydroxylation sites is 1. The van der Waals surface area contributed by atoms with Gasteiger partial charge >= 0.3 is 11.9 Å². The van der Waals surface area contributed by atoms with E-state index >= 15 is 0 Å². The molecule has 0 spiro atoms. The SMILES string of the molecule is NCCCC[C@H](N)C(=O)NCC(=O)N[C@@H](Cc1c[nH]c2ccccc12)C(=O)NCC(=O)N[C@@H](CCC(=O)O)C(=O)O. The summed E-state index contributed by atoms with van der Waals surface area (Å²) in [5, 5.41) is 28.3. The van der Waals surface area contributed by atoms with Gasteiger partial charge in [-0.15, -0.1) is 0 Å². The number of aliphatic carboxylic acids is 2. The van der Waals surface area contributed by atoms with Crippen LogP contribution in [0.25, 0.3) is 10.9 Å². The third-order valence-electron chi connectivity index (χ3n) is 6.18. The predicted octanol–water partition coefficient (Wildman–Crippen LogP) is -1.68. The first kappa shape index (κ1) is 32.7. The third-order valence-corrected chi connectivity index (χ3v) is 6.18. The normalized spacial score (nSPS) is 13.0. The Morgan fingerprint density at radius 1 is 0.854 bits per heavy atom. The van der Waals surface area contributed by atoms with Crippen LogP contribution >= 0.6 is 0 Å². The zero-order valence-corrected chi connectivity index (χ0v) is 22.5. The monoisotopic (exact) mass is 575 g/mol. The Balaban J connectivity index is 2.04. The van der Waals surface area contributed by atoms with Crippen LogP contribution in [0.15, 0.2) is 30.5 Å². The summed E-state index contributed by atoms with van der Waals surface area (Å²) < 4.78 is 0. The number of fused-ring (bicyclic) bond motifs is 1. The molecule has 0 radical (unpaired) electrons. The fraction of sp³-hybridized carbons (Fsp3) is 0.462. The minimum atomic E-state index is -1.46. The van der Waals surface area contributed by atoms with Gasteiger partial charge in [0.05, 0.1) is 19.1 Å². The van der Waals surface area contributed by atoms with Crippen LogP contribution in [0.3, 0.4) is 0 Å². The van der Waals surface area contributed by atoms with Crippen LogP contribution in [0, 0.1) is 0 Å². The van der Waals surface area contributed by atoms with E-state index in [9.17, 15) is 33.9 Å². The largest absolute Gasteiger partial charge is 0.481 e. The van der Waals surface area contributed by atoms with Gasteiger partial charge in [-0.25, -0.2) is 4.79 Å². The molecule has 2 aromatic rings. The van der Waals surface area contributed by atoms with E-state index in [-0.39, 0.29) is 12.8 Å². The van der Waals surface area contributed by atoms with Gasteiger partial charge in [0.2, 0.25) is 23.6 Å². The number of unbranched alkanes of at least 4 members (excludes halogenated alkanes) is 1. The number of carbonyl (C=O) groups excluding carboxylic acids is 4. The fourth-order valence-corrected chi connectivity index (χ4v) is 3.97. The van der Waals surface area contributed by atoms with Gasteiger partial charge in [-0.2, -0.15) is 0 Å². The van der Waals surface area contributed by atoms with E-state index in [1.165, 1.54) is 0 Å². The Hall–Kier alpha value is -4.50. The smallest absolute Gasteiger partial charge is 0.326 e. The van der Waals surface area contributed by atoms with Crippen LogP contribution in [-0.4, -0.2) is 88.5 Å². The Morgan fingerprint density at radius 3 is 2.12 bits per heavy atom. The van der Waals surface area contributed by atoms with Gasteiger partial charge in [0.1, 0.15) is 12.1 Å². The minimum absolute atomic E-state index is 0.0338. The summed E-state index contributed by atoms with van der Waals surface area (Å²) in [6.07, 6.45) is 2.67. The average Bonchev–Trinajstić information content (AvgIpc) is 3.34. The second-order valence-corrected chi connectivity index (χ2v) is 9.40. The van der Waals surface area contributed by atoms with E-state index in [4.69, 9.17) is 16.6 Å². The summed E-state index contributed by atoms with van der Waals surface area (Å²) in [7, 11) is 0. The first-order valence-electron chi connectivity index (χ1n) is 13.1. The maximum Gasteiger partial charge on any atom is 0.326 e. The van der Waals surface area contributed by atoms with Crippen molar-refractivity contribution in [2.75, 3.05) is 19.6 Å². The Bertz CT molecular complexity index is 1230. The van der Waals surface area contributed by atoms with Crippen molar-refractivity contribution in [1.29, 1.82) is 0 Å². The van der Waals surface area contributed by atoms with Crippen molar-refractivity contribution in [3.63, 3.8) is 0 Å². The number of carboxylic acids is 2. The molecule has 0 aliphatic heterocycles. The van der Waals surface area contributed by atoms with Crippen LogP contribution in [0.5, 0.6) is 0 Å². The molecule has 15 nitrogen and oxygen atoms in total. The lowest BCUT2D eigenvalue weighted by Gasteiger charge is -2.20. The molecule has 11 N–H and O–H groups in total.